The van der Waals surface area contributed by atoms with E-state index in [0.29, 0.717) is 27.7 Å². The van der Waals surface area contributed by atoms with Gasteiger partial charge in [0.15, 0.2) is 17.0 Å². The van der Waals surface area contributed by atoms with Crippen LogP contribution in [0.3, 0.4) is 0 Å². The number of nitrogens with two attached hydrogens (primary N) is 2. The first kappa shape index (κ1) is 20.3. The van der Waals surface area contributed by atoms with Gasteiger partial charge in [-0.05, 0) is 49.5 Å². The van der Waals surface area contributed by atoms with E-state index in [1.165, 1.54) is 5.56 Å². The van der Waals surface area contributed by atoms with E-state index in [9.17, 15) is 0 Å². The van der Waals surface area contributed by atoms with Crippen molar-refractivity contribution >= 4 is 40.1 Å². The van der Waals surface area contributed by atoms with Crippen LogP contribution in [0.5, 0.6) is 0 Å². The van der Waals surface area contributed by atoms with Gasteiger partial charge in [0, 0.05) is 11.6 Å². The van der Waals surface area contributed by atoms with E-state index in [1.54, 1.807) is 18.5 Å². The van der Waals surface area contributed by atoms with E-state index >= 15 is 0 Å². The lowest BCUT2D eigenvalue weighted by Gasteiger charge is -2.46. The van der Waals surface area contributed by atoms with Gasteiger partial charge in [-0.2, -0.15) is 5.10 Å². The Hall–Kier alpha value is -3.27. The number of nitrogens with zero attached hydrogens (tertiary/aromatic N) is 4. The van der Waals surface area contributed by atoms with Crippen LogP contribution in [0.2, 0.25) is 5.02 Å². The predicted molar refractivity (Wildman–Crippen MR) is 128 cm³/mol. The second-order valence-electron chi connectivity index (χ2n) is 8.88. The Kier molecular flexibility index (Phi) is 4.55. The second kappa shape index (κ2) is 7.38. The van der Waals surface area contributed by atoms with Gasteiger partial charge in [0.25, 0.3) is 0 Å². The van der Waals surface area contributed by atoms with Crippen molar-refractivity contribution in [1.29, 1.82) is 0 Å². The number of anilines is 3. The van der Waals surface area contributed by atoms with Crippen LogP contribution in [-0.4, -0.2) is 38.2 Å². The summed E-state index contributed by atoms with van der Waals surface area (Å²) in [5.41, 5.74) is 17.3. The maximum atomic E-state index is 7.34. The third-order valence-corrected chi connectivity index (χ3v) is 7.61. The molecule has 0 radical (unpaired) electrons. The van der Waals surface area contributed by atoms with E-state index in [1.807, 2.05) is 0 Å². The van der Waals surface area contributed by atoms with Crippen molar-refractivity contribution in [1.82, 2.24) is 30.5 Å². The average molecular weight is 462 g/mol. The molecule has 1 unspecified atom stereocenters. The molecule has 4 heterocycles. The van der Waals surface area contributed by atoms with Gasteiger partial charge < -0.3 is 22.1 Å². The van der Waals surface area contributed by atoms with Crippen molar-refractivity contribution in [2.45, 2.75) is 24.8 Å². The molecule has 168 valence electrons. The Morgan fingerprint density at radius 3 is 2.76 bits per heavy atom. The molecule has 3 aromatic heterocycles. The molecular formula is C23H24ClN9. The van der Waals surface area contributed by atoms with Gasteiger partial charge in [0.2, 0.25) is 0 Å². The minimum Gasteiger partial charge on any atom is -0.382 e. The summed E-state index contributed by atoms with van der Waals surface area (Å²) < 4.78 is 0. The number of aromatic nitrogens is 5. The number of pyridine rings is 1. The molecule has 1 fully saturated rings. The largest absolute Gasteiger partial charge is 0.382 e. The van der Waals surface area contributed by atoms with Gasteiger partial charge in [-0.25, -0.2) is 15.0 Å². The molecule has 1 spiro atoms. The normalized spacial score (nSPS) is 21.4. The summed E-state index contributed by atoms with van der Waals surface area (Å²) in [6.07, 6.45) is 6.28. The second-order valence-corrected chi connectivity index (χ2v) is 9.26. The van der Waals surface area contributed by atoms with Gasteiger partial charge in [-0.3, -0.25) is 5.10 Å². The summed E-state index contributed by atoms with van der Waals surface area (Å²) in [6, 6.07) is 10.2. The number of nitrogens with one attached hydrogen (secondary N) is 3. The molecule has 10 heteroatoms. The third-order valence-electron chi connectivity index (χ3n) is 7.21. The van der Waals surface area contributed by atoms with Gasteiger partial charge in [-0.15, -0.1) is 0 Å². The third kappa shape index (κ3) is 2.93. The van der Waals surface area contributed by atoms with Gasteiger partial charge in [-0.1, -0.05) is 35.9 Å². The first-order valence-corrected chi connectivity index (χ1v) is 11.4. The summed E-state index contributed by atoms with van der Waals surface area (Å²) in [5, 5.41) is 14.3. The highest BCUT2D eigenvalue weighted by atomic mass is 35.5. The van der Waals surface area contributed by atoms with Crippen molar-refractivity contribution < 1.29 is 0 Å². The fraction of sp³-hybridized carbons (Fsp3) is 0.304. The first-order valence-electron chi connectivity index (χ1n) is 11.0. The van der Waals surface area contributed by atoms with Crippen molar-refractivity contribution in [2.24, 2.45) is 11.1 Å². The number of aromatic amines is 1. The quantitative estimate of drug-likeness (QED) is 0.313. The topological polar surface area (TPSA) is 143 Å². The average Bonchev–Trinajstić information content (AvgIpc) is 3.34. The minimum atomic E-state index is -0.728. The molecule has 7 N–H and O–H groups in total. The highest BCUT2D eigenvalue weighted by Gasteiger charge is 2.57. The molecule has 0 amide bonds. The van der Waals surface area contributed by atoms with E-state index in [2.05, 4.69) is 50.1 Å². The van der Waals surface area contributed by atoms with E-state index in [-0.39, 0.29) is 11.2 Å². The maximum Gasteiger partial charge on any atom is 0.180 e. The van der Waals surface area contributed by atoms with Crippen LogP contribution >= 0.6 is 11.6 Å². The molecule has 1 aliphatic heterocycles. The van der Waals surface area contributed by atoms with Gasteiger partial charge in [0.05, 0.1) is 23.1 Å². The number of nitrogen functional groups attached to an aromatic ring is 1. The van der Waals surface area contributed by atoms with Crippen LogP contribution in [0.25, 0.3) is 11.2 Å². The molecule has 0 bridgehead atoms. The number of hydrogen-bond donors (Lipinski definition) is 5. The van der Waals surface area contributed by atoms with Crippen LogP contribution in [0.1, 0.15) is 29.7 Å². The van der Waals surface area contributed by atoms with E-state index in [4.69, 9.17) is 33.0 Å². The fourth-order valence-corrected chi connectivity index (χ4v) is 5.66. The molecule has 0 saturated carbocycles. The first-order chi connectivity index (χ1) is 16.0. The van der Waals surface area contributed by atoms with Crippen LogP contribution in [0.15, 0.2) is 42.7 Å². The summed E-state index contributed by atoms with van der Waals surface area (Å²) in [4.78, 5) is 13.7. The van der Waals surface area contributed by atoms with Crippen LogP contribution in [-0.2, 0) is 12.0 Å². The maximum absolute atomic E-state index is 7.34. The molecule has 4 aromatic rings. The molecule has 33 heavy (non-hydrogen) atoms. The fourth-order valence-electron chi connectivity index (χ4n) is 5.50. The molecule has 6 rings (SSSR count). The standard InChI is InChI=1S/C23H24ClN9/c24-17-15(5-8-28-19(17)25)30-20-18-21(33-32-20)31-16(12-29-18)23(26)14-4-2-1-3-13(14)11-22(23)6-9-27-10-7-22/h1-5,8,12,27H,6-7,9-11,26H2,(H4,25,28,30,31,32,33). The Morgan fingerprint density at radius 2 is 1.91 bits per heavy atom. The van der Waals surface area contributed by atoms with Crippen molar-refractivity contribution in [3.8, 4) is 0 Å². The number of halogens is 1. The zero-order chi connectivity index (χ0) is 22.6. The Balaban J connectivity index is 1.44. The Bertz CT molecular complexity index is 1360. The number of benzene rings is 1. The van der Waals surface area contributed by atoms with Crippen molar-refractivity contribution in [3.63, 3.8) is 0 Å². The lowest BCUT2D eigenvalue weighted by atomic mass is 9.63. The minimum absolute atomic E-state index is 0.104. The van der Waals surface area contributed by atoms with Crippen LogP contribution in [0, 0.1) is 5.41 Å². The number of fused-ring (bicyclic) bond motifs is 2. The smallest absolute Gasteiger partial charge is 0.180 e. The lowest BCUT2D eigenvalue weighted by Crippen LogP contribution is -2.55. The molecule has 1 atom stereocenters. The highest BCUT2D eigenvalue weighted by Crippen LogP contribution is 2.56. The molecular weight excluding hydrogens is 438 g/mol. The Labute approximate surface area is 195 Å². The summed E-state index contributed by atoms with van der Waals surface area (Å²) in [5.74, 6) is 0.748. The number of piperidine rings is 1. The molecule has 1 aliphatic carbocycles. The molecule has 1 saturated heterocycles. The molecule has 9 nitrogen and oxygen atoms in total. The molecule has 1 aromatic carbocycles. The Morgan fingerprint density at radius 1 is 1.09 bits per heavy atom. The van der Waals surface area contributed by atoms with Crippen LogP contribution < -0.4 is 22.1 Å². The highest BCUT2D eigenvalue weighted by molar-refractivity contribution is 6.35. The van der Waals surface area contributed by atoms with Crippen LogP contribution in [0.4, 0.5) is 17.3 Å². The van der Waals surface area contributed by atoms with E-state index in [0.717, 1.165) is 43.6 Å². The molecule has 2 aliphatic rings. The van der Waals surface area contributed by atoms with Crippen molar-refractivity contribution in [2.75, 3.05) is 24.1 Å². The number of H-pyrrole nitrogens is 1. The lowest BCUT2D eigenvalue weighted by molar-refractivity contribution is 0.117. The zero-order valence-corrected chi connectivity index (χ0v) is 18.7. The zero-order valence-electron chi connectivity index (χ0n) is 17.9. The number of rotatable bonds is 3. The summed E-state index contributed by atoms with van der Waals surface area (Å²) >= 11 is 6.28. The predicted octanol–water partition coefficient (Wildman–Crippen LogP) is 2.86. The summed E-state index contributed by atoms with van der Waals surface area (Å²) in [6.45, 7) is 1.88. The monoisotopic (exact) mass is 461 g/mol. The van der Waals surface area contributed by atoms with E-state index < -0.39 is 5.54 Å². The SMILES string of the molecule is Nc1nccc(Nc2n[nH]c3nc(C4(N)c5ccccc5CC45CCNCC5)cnc23)c1Cl. The van der Waals surface area contributed by atoms with Gasteiger partial charge >= 0.3 is 0 Å². The summed E-state index contributed by atoms with van der Waals surface area (Å²) in [7, 11) is 0. The van der Waals surface area contributed by atoms with Gasteiger partial charge in [0.1, 0.15) is 10.8 Å². The van der Waals surface area contributed by atoms with Crippen molar-refractivity contribution in [3.05, 3.63) is 64.6 Å². The number of hydrogen-bond acceptors (Lipinski definition) is 8.